The molecule has 0 aliphatic carbocycles. The Balaban J connectivity index is 2.77. The van der Waals surface area contributed by atoms with E-state index in [1.807, 2.05) is 18.2 Å². The maximum atomic E-state index is 13.1. The number of hydrogen-bond donors (Lipinski definition) is 0. The molecule has 0 aliphatic rings. The van der Waals surface area contributed by atoms with Crippen molar-refractivity contribution in [3.05, 3.63) is 54.4 Å². The van der Waals surface area contributed by atoms with Gasteiger partial charge in [-0.25, -0.2) is 8.78 Å². The standard InChI is InChI=1S/C12H8F2/c13-8-12(14)11-7-3-5-9-4-1-2-6-10(9)11/h1-8H/b12-8+. The maximum Gasteiger partial charge on any atom is 0.159 e. The lowest BCUT2D eigenvalue weighted by Gasteiger charge is -2.02. The summed E-state index contributed by atoms with van der Waals surface area (Å²) in [4.78, 5) is 0. The Bertz CT molecular complexity index is 481. The van der Waals surface area contributed by atoms with Crippen molar-refractivity contribution in [3.8, 4) is 0 Å². The van der Waals surface area contributed by atoms with Gasteiger partial charge in [-0.15, -0.1) is 0 Å². The molecular weight excluding hydrogens is 182 g/mol. The van der Waals surface area contributed by atoms with Crippen LogP contribution in [0.3, 0.4) is 0 Å². The first kappa shape index (κ1) is 8.88. The first-order valence-corrected chi connectivity index (χ1v) is 4.27. The first-order chi connectivity index (χ1) is 6.83. The molecule has 70 valence electrons. The molecule has 14 heavy (non-hydrogen) atoms. The maximum absolute atomic E-state index is 13.1. The molecule has 0 heterocycles. The molecule has 2 aromatic rings. The third kappa shape index (κ3) is 1.39. The largest absolute Gasteiger partial charge is 0.212 e. The molecule has 0 N–H and O–H groups in total. The quantitative estimate of drug-likeness (QED) is 0.635. The zero-order valence-electron chi connectivity index (χ0n) is 7.37. The molecule has 2 rings (SSSR count). The van der Waals surface area contributed by atoms with Crippen molar-refractivity contribution >= 4 is 16.6 Å². The number of halogens is 2. The zero-order valence-corrected chi connectivity index (χ0v) is 7.37. The van der Waals surface area contributed by atoms with Gasteiger partial charge in [0.25, 0.3) is 0 Å². The van der Waals surface area contributed by atoms with Crippen molar-refractivity contribution in [3.63, 3.8) is 0 Å². The fourth-order valence-corrected chi connectivity index (χ4v) is 1.49. The summed E-state index contributed by atoms with van der Waals surface area (Å²) in [6.07, 6.45) is -0.0121. The van der Waals surface area contributed by atoms with Gasteiger partial charge in [0.1, 0.15) is 6.33 Å². The summed E-state index contributed by atoms with van der Waals surface area (Å²) >= 11 is 0. The van der Waals surface area contributed by atoms with Gasteiger partial charge < -0.3 is 0 Å². The van der Waals surface area contributed by atoms with E-state index in [4.69, 9.17) is 0 Å². The van der Waals surface area contributed by atoms with Gasteiger partial charge in [-0.2, -0.15) is 0 Å². The van der Waals surface area contributed by atoms with Crippen molar-refractivity contribution in [2.75, 3.05) is 0 Å². The van der Waals surface area contributed by atoms with Crippen LogP contribution in [-0.4, -0.2) is 0 Å². The van der Waals surface area contributed by atoms with E-state index in [0.29, 0.717) is 5.56 Å². The van der Waals surface area contributed by atoms with Gasteiger partial charge in [-0.3, -0.25) is 0 Å². The van der Waals surface area contributed by atoms with Crippen LogP contribution in [0, 0.1) is 0 Å². The third-order valence-electron chi connectivity index (χ3n) is 2.14. The zero-order chi connectivity index (χ0) is 9.97. The van der Waals surface area contributed by atoms with Crippen molar-refractivity contribution in [1.82, 2.24) is 0 Å². The van der Waals surface area contributed by atoms with Gasteiger partial charge in [0.15, 0.2) is 5.83 Å². The molecule has 0 saturated carbocycles. The normalized spacial score (nSPS) is 12.0. The smallest absolute Gasteiger partial charge is 0.159 e. The SMILES string of the molecule is F/C=C(/F)c1cccc2ccccc12. The number of benzene rings is 2. The second-order valence-electron chi connectivity index (χ2n) is 2.98. The summed E-state index contributed by atoms with van der Waals surface area (Å²) in [6.45, 7) is 0. The van der Waals surface area contributed by atoms with Gasteiger partial charge in [-0.1, -0.05) is 42.5 Å². The Morgan fingerprint density at radius 1 is 1.00 bits per heavy atom. The summed E-state index contributed by atoms with van der Waals surface area (Å²) in [5.74, 6) is -0.832. The molecule has 0 amide bonds. The molecule has 0 radical (unpaired) electrons. The minimum Gasteiger partial charge on any atom is -0.212 e. The Morgan fingerprint density at radius 2 is 1.71 bits per heavy atom. The lowest BCUT2D eigenvalue weighted by molar-refractivity contribution is 0.672. The van der Waals surface area contributed by atoms with Gasteiger partial charge in [0.2, 0.25) is 0 Å². The van der Waals surface area contributed by atoms with Crippen molar-refractivity contribution < 1.29 is 8.78 Å². The van der Waals surface area contributed by atoms with Crippen molar-refractivity contribution in [1.29, 1.82) is 0 Å². The van der Waals surface area contributed by atoms with Crippen LogP contribution >= 0.6 is 0 Å². The average Bonchev–Trinajstić information content (AvgIpc) is 2.27. The van der Waals surface area contributed by atoms with Crippen LogP contribution in [0.1, 0.15) is 5.56 Å². The highest BCUT2D eigenvalue weighted by Crippen LogP contribution is 2.25. The number of hydrogen-bond acceptors (Lipinski definition) is 0. The topological polar surface area (TPSA) is 0 Å². The van der Waals surface area contributed by atoms with Crippen molar-refractivity contribution in [2.45, 2.75) is 0 Å². The highest BCUT2D eigenvalue weighted by Gasteiger charge is 2.04. The van der Waals surface area contributed by atoms with E-state index < -0.39 is 5.83 Å². The van der Waals surface area contributed by atoms with Crippen LogP contribution in [0.5, 0.6) is 0 Å². The third-order valence-corrected chi connectivity index (χ3v) is 2.14. The second-order valence-corrected chi connectivity index (χ2v) is 2.98. The van der Waals surface area contributed by atoms with E-state index in [1.165, 1.54) is 0 Å². The minimum atomic E-state index is -0.832. The molecule has 0 spiro atoms. The molecule has 0 atom stereocenters. The fraction of sp³-hybridized carbons (Fsp3) is 0. The lowest BCUT2D eigenvalue weighted by Crippen LogP contribution is -1.80. The Kier molecular flexibility index (Phi) is 2.27. The van der Waals surface area contributed by atoms with Crippen LogP contribution in [0.4, 0.5) is 8.78 Å². The molecule has 0 aliphatic heterocycles. The Morgan fingerprint density at radius 3 is 2.50 bits per heavy atom. The van der Waals surface area contributed by atoms with Crippen LogP contribution in [0.2, 0.25) is 0 Å². The van der Waals surface area contributed by atoms with Crippen molar-refractivity contribution in [2.24, 2.45) is 0 Å². The van der Waals surface area contributed by atoms with E-state index >= 15 is 0 Å². The fourth-order valence-electron chi connectivity index (χ4n) is 1.49. The minimum absolute atomic E-state index is 0.0121. The second kappa shape index (κ2) is 3.58. The van der Waals surface area contributed by atoms with E-state index in [-0.39, 0.29) is 6.33 Å². The summed E-state index contributed by atoms with van der Waals surface area (Å²) in [5, 5.41) is 1.63. The highest BCUT2D eigenvalue weighted by molar-refractivity contribution is 5.92. The van der Waals surface area contributed by atoms with Crippen LogP contribution in [0.15, 0.2) is 48.8 Å². The summed E-state index contributed by atoms with van der Waals surface area (Å²) < 4.78 is 25.1. The molecule has 0 unspecified atom stereocenters. The molecule has 0 nitrogen and oxygen atoms in total. The highest BCUT2D eigenvalue weighted by atomic mass is 19.2. The lowest BCUT2D eigenvalue weighted by atomic mass is 10.0. The summed E-state index contributed by atoms with van der Waals surface area (Å²) in [7, 11) is 0. The monoisotopic (exact) mass is 190 g/mol. The van der Waals surface area contributed by atoms with Crippen LogP contribution < -0.4 is 0 Å². The van der Waals surface area contributed by atoms with Gasteiger partial charge >= 0.3 is 0 Å². The Hall–Kier alpha value is -1.70. The predicted molar refractivity (Wildman–Crippen MR) is 54.1 cm³/mol. The molecule has 2 heteroatoms. The van der Waals surface area contributed by atoms with E-state index in [1.54, 1.807) is 24.3 Å². The Labute approximate surface area is 80.5 Å². The predicted octanol–water partition coefficient (Wildman–Crippen LogP) is 4.08. The molecule has 0 bridgehead atoms. The van der Waals surface area contributed by atoms with Crippen LogP contribution in [0.25, 0.3) is 16.6 Å². The first-order valence-electron chi connectivity index (χ1n) is 4.27. The van der Waals surface area contributed by atoms with E-state index in [9.17, 15) is 8.78 Å². The van der Waals surface area contributed by atoms with E-state index in [0.717, 1.165) is 10.8 Å². The molecule has 2 aromatic carbocycles. The molecular formula is C12H8F2. The number of fused-ring (bicyclic) bond motifs is 1. The summed E-state index contributed by atoms with van der Waals surface area (Å²) in [6, 6.07) is 12.4. The molecule has 0 aromatic heterocycles. The summed E-state index contributed by atoms with van der Waals surface area (Å²) in [5.41, 5.74) is 0.297. The van der Waals surface area contributed by atoms with Gasteiger partial charge in [0.05, 0.1) is 0 Å². The van der Waals surface area contributed by atoms with Gasteiger partial charge in [-0.05, 0) is 10.8 Å². The average molecular weight is 190 g/mol. The number of rotatable bonds is 1. The van der Waals surface area contributed by atoms with Gasteiger partial charge in [0, 0.05) is 5.56 Å². The van der Waals surface area contributed by atoms with Crippen LogP contribution in [-0.2, 0) is 0 Å². The van der Waals surface area contributed by atoms with E-state index in [2.05, 4.69) is 0 Å². The molecule has 0 saturated heterocycles. The molecule has 0 fully saturated rings.